The molecule has 0 radical (unpaired) electrons. The van der Waals surface area contributed by atoms with Gasteiger partial charge in [0.25, 0.3) is 0 Å². The third-order valence-corrected chi connectivity index (χ3v) is 3.30. The first-order valence-electron chi connectivity index (χ1n) is 6.26. The number of aromatic hydroxyl groups is 1. The smallest absolute Gasteiger partial charge is 0.231 e. The molecule has 2 heterocycles. The SMILES string of the molecule is O=C(Cc1cccc(O)c1)N1CCc2ncccc21. The van der Waals surface area contributed by atoms with Crippen LogP contribution in [0.15, 0.2) is 42.6 Å². The molecule has 1 aromatic carbocycles. The molecule has 0 saturated heterocycles. The van der Waals surface area contributed by atoms with Gasteiger partial charge >= 0.3 is 0 Å². The van der Waals surface area contributed by atoms with Crippen LogP contribution >= 0.6 is 0 Å². The lowest BCUT2D eigenvalue weighted by molar-refractivity contribution is -0.117. The molecule has 4 nitrogen and oxygen atoms in total. The molecule has 0 fully saturated rings. The Morgan fingerprint density at radius 3 is 3.05 bits per heavy atom. The predicted octanol–water partition coefficient (Wildman–Crippen LogP) is 1.92. The molecule has 2 aromatic rings. The number of phenolic OH excluding ortho intramolecular Hbond substituents is 1. The number of benzene rings is 1. The van der Waals surface area contributed by atoms with Crippen molar-refractivity contribution >= 4 is 11.6 Å². The molecule has 1 aliphatic rings. The molecule has 3 rings (SSSR count). The van der Waals surface area contributed by atoms with Crippen LogP contribution < -0.4 is 4.90 Å². The summed E-state index contributed by atoms with van der Waals surface area (Å²) in [6.45, 7) is 0.685. The van der Waals surface area contributed by atoms with E-state index >= 15 is 0 Å². The molecule has 4 heteroatoms. The van der Waals surface area contributed by atoms with E-state index < -0.39 is 0 Å². The molecule has 0 unspecified atom stereocenters. The van der Waals surface area contributed by atoms with Gasteiger partial charge < -0.3 is 10.0 Å². The zero-order valence-electron chi connectivity index (χ0n) is 10.4. The second-order valence-corrected chi connectivity index (χ2v) is 4.61. The fourth-order valence-corrected chi connectivity index (χ4v) is 2.40. The Morgan fingerprint density at radius 1 is 1.32 bits per heavy atom. The molecule has 0 aliphatic carbocycles. The zero-order valence-corrected chi connectivity index (χ0v) is 10.4. The monoisotopic (exact) mass is 254 g/mol. The number of hydrogen-bond donors (Lipinski definition) is 1. The number of carbonyl (C=O) groups is 1. The highest BCUT2D eigenvalue weighted by molar-refractivity contribution is 5.96. The summed E-state index contributed by atoms with van der Waals surface area (Å²) in [6, 6.07) is 10.6. The van der Waals surface area contributed by atoms with E-state index in [4.69, 9.17) is 0 Å². The summed E-state index contributed by atoms with van der Waals surface area (Å²) in [5.41, 5.74) is 2.71. The molecule has 19 heavy (non-hydrogen) atoms. The number of fused-ring (bicyclic) bond motifs is 1. The van der Waals surface area contributed by atoms with Gasteiger partial charge in [0.15, 0.2) is 0 Å². The Bertz CT molecular complexity index is 625. The second kappa shape index (κ2) is 4.72. The van der Waals surface area contributed by atoms with E-state index in [1.165, 1.54) is 0 Å². The van der Waals surface area contributed by atoms with Crippen molar-refractivity contribution in [1.29, 1.82) is 0 Å². The van der Waals surface area contributed by atoms with Gasteiger partial charge in [-0.1, -0.05) is 12.1 Å². The molecule has 1 N–H and O–H groups in total. The Kier molecular flexibility index (Phi) is 2.91. The largest absolute Gasteiger partial charge is 0.508 e. The number of pyridine rings is 1. The van der Waals surface area contributed by atoms with Gasteiger partial charge in [-0.2, -0.15) is 0 Å². The van der Waals surface area contributed by atoms with E-state index in [2.05, 4.69) is 4.98 Å². The highest BCUT2D eigenvalue weighted by Gasteiger charge is 2.25. The van der Waals surface area contributed by atoms with Crippen LogP contribution in [0.4, 0.5) is 5.69 Å². The summed E-state index contributed by atoms with van der Waals surface area (Å²) < 4.78 is 0. The van der Waals surface area contributed by atoms with Crippen LogP contribution in [0.1, 0.15) is 11.3 Å². The number of amides is 1. The van der Waals surface area contributed by atoms with Gasteiger partial charge in [0, 0.05) is 19.2 Å². The van der Waals surface area contributed by atoms with E-state index in [9.17, 15) is 9.90 Å². The summed E-state index contributed by atoms with van der Waals surface area (Å²) in [5.74, 6) is 0.228. The number of carbonyl (C=O) groups excluding carboxylic acids is 1. The first-order chi connectivity index (χ1) is 9.24. The van der Waals surface area contributed by atoms with E-state index in [0.29, 0.717) is 13.0 Å². The maximum absolute atomic E-state index is 12.3. The van der Waals surface area contributed by atoms with Crippen LogP contribution in [0.2, 0.25) is 0 Å². The number of phenols is 1. The number of nitrogens with zero attached hydrogens (tertiary/aromatic N) is 2. The van der Waals surface area contributed by atoms with Crippen molar-refractivity contribution in [2.45, 2.75) is 12.8 Å². The van der Waals surface area contributed by atoms with Gasteiger partial charge in [0.1, 0.15) is 5.75 Å². The lowest BCUT2D eigenvalue weighted by Crippen LogP contribution is -2.30. The molecule has 1 aromatic heterocycles. The lowest BCUT2D eigenvalue weighted by atomic mass is 10.1. The third kappa shape index (κ3) is 2.29. The maximum Gasteiger partial charge on any atom is 0.231 e. The normalized spacial score (nSPS) is 13.4. The van der Waals surface area contributed by atoms with Gasteiger partial charge in [-0.15, -0.1) is 0 Å². The van der Waals surface area contributed by atoms with Gasteiger partial charge in [-0.25, -0.2) is 0 Å². The molecule has 0 bridgehead atoms. The van der Waals surface area contributed by atoms with Gasteiger partial charge in [0.2, 0.25) is 5.91 Å². The number of anilines is 1. The standard InChI is InChI=1S/C15H14N2O2/c18-12-4-1-3-11(9-12)10-15(19)17-8-6-13-14(17)5-2-7-16-13/h1-5,7,9,18H,6,8,10H2. The van der Waals surface area contributed by atoms with Crippen LogP contribution in [0.25, 0.3) is 0 Å². The summed E-state index contributed by atoms with van der Waals surface area (Å²) in [7, 11) is 0. The fraction of sp³-hybridized carbons (Fsp3) is 0.200. The summed E-state index contributed by atoms with van der Waals surface area (Å²) in [5, 5.41) is 9.41. The minimum absolute atomic E-state index is 0.0392. The minimum atomic E-state index is 0.0392. The maximum atomic E-state index is 12.3. The fourth-order valence-electron chi connectivity index (χ4n) is 2.40. The van der Waals surface area contributed by atoms with E-state index in [1.807, 2.05) is 18.2 Å². The second-order valence-electron chi connectivity index (χ2n) is 4.61. The van der Waals surface area contributed by atoms with Gasteiger partial charge in [-0.05, 0) is 29.8 Å². The van der Waals surface area contributed by atoms with Crippen molar-refractivity contribution < 1.29 is 9.90 Å². The predicted molar refractivity (Wildman–Crippen MR) is 72.1 cm³/mol. The van der Waals surface area contributed by atoms with E-state index in [1.54, 1.807) is 29.3 Å². The van der Waals surface area contributed by atoms with Crippen LogP contribution in [-0.4, -0.2) is 22.5 Å². The molecule has 1 amide bonds. The van der Waals surface area contributed by atoms with Crippen molar-refractivity contribution in [3.8, 4) is 5.75 Å². The molecule has 1 aliphatic heterocycles. The number of rotatable bonds is 2. The van der Waals surface area contributed by atoms with Gasteiger partial charge in [0.05, 0.1) is 17.8 Å². The number of aromatic nitrogens is 1. The number of hydrogen-bond acceptors (Lipinski definition) is 3. The Labute approximate surface area is 111 Å². The summed E-state index contributed by atoms with van der Waals surface area (Å²) in [6.07, 6.45) is 2.85. The molecular weight excluding hydrogens is 240 g/mol. The lowest BCUT2D eigenvalue weighted by Gasteiger charge is -2.16. The molecule has 0 saturated carbocycles. The van der Waals surface area contributed by atoms with Crippen LogP contribution in [0.3, 0.4) is 0 Å². The average molecular weight is 254 g/mol. The van der Waals surface area contributed by atoms with E-state index in [-0.39, 0.29) is 11.7 Å². The Balaban J connectivity index is 1.79. The van der Waals surface area contributed by atoms with E-state index in [0.717, 1.165) is 23.4 Å². The van der Waals surface area contributed by atoms with Gasteiger partial charge in [-0.3, -0.25) is 9.78 Å². The topological polar surface area (TPSA) is 53.4 Å². The first kappa shape index (κ1) is 11.7. The van der Waals surface area contributed by atoms with Crippen molar-refractivity contribution in [1.82, 2.24) is 4.98 Å². The highest BCUT2D eigenvalue weighted by atomic mass is 16.3. The highest BCUT2D eigenvalue weighted by Crippen LogP contribution is 2.26. The third-order valence-electron chi connectivity index (χ3n) is 3.30. The molecule has 0 spiro atoms. The Morgan fingerprint density at radius 2 is 2.21 bits per heavy atom. The van der Waals surface area contributed by atoms with Crippen molar-refractivity contribution in [3.05, 3.63) is 53.9 Å². The van der Waals surface area contributed by atoms with Crippen LogP contribution in [0.5, 0.6) is 5.75 Å². The summed E-state index contributed by atoms with van der Waals surface area (Å²) >= 11 is 0. The molecule has 0 atom stereocenters. The quantitative estimate of drug-likeness (QED) is 0.890. The van der Waals surface area contributed by atoms with Crippen molar-refractivity contribution in [2.24, 2.45) is 0 Å². The summed E-state index contributed by atoms with van der Waals surface area (Å²) in [4.78, 5) is 18.4. The average Bonchev–Trinajstić information content (AvgIpc) is 2.82. The molecular formula is C15H14N2O2. The Hall–Kier alpha value is -2.36. The van der Waals surface area contributed by atoms with Crippen molar-refractivity contribution in [2.75, 3.05) is 11.4 Å². The van der Waals surface area contributed by atoms with Crippen LogP contribution in [-0.2, 0) is 17.6 Å². The minimum Gasteiger partial charge on any atom is -0.508 e. The van der Waals surface area contributed by atoms with Crippen molar-refractivity contribution in [3.63, 3.8) is 0 Å². The van der Waals surface area contributed by atoms with Crippen LogP contribution in [0, 0.1) is 0 Å². The first-order valence-corrected chi connectivity index (χ1v) is 6.26. The molecule has 96 valence electrons. The zero-order chi connectivity index (χ0) is 13.2.